The van der Waals surface area contributed by atoms with Gasteiger partial charge in [-0.2, -0.15) is 0 Å². The minimum atomic E-state index is -0.620. The molecule has 0 aromatic heterocycles. The monoisotopic (exact) mass is 253 g/mol. The third-order valence-corrected chi connectivity index (χ3v) is 3.27. The Labute approximate surface area is 107 Å². The largest absolute Gasteiger partial charge is 0.488 e. The average Bonchev–Trinajstić information content (AvgIpc) is 3.19. The van der Waals surface area contributed by atoms with Crippen LogP contribution in [0.4, 0.5) is 4.39 Å². The maximum Gasteiger partial charge on any atom is 0.165 e. The van der Waals surface area contributed by atoms with E-state index in [2.05, 4.69) is 12.2 Å². The smallest absolute Gasteiger partial charge is 0.165 e. The SMILES string of the molecule is CC(NCC(O)COc1ccccc1F)C1CC1. The Balaban J connectivity index is 1.68. The van der Waals surface area contributed by atoms with E-state index in [1.54, 1.807) is 18.2 Å². The first kappa shape index (κ1) is 13.3. The van der Waals surface area contributed by atoms with Crippen LogP contribution in [0.2, 0.25) is 0 Å². The molecule has 1 saturated carbocycles. The molecular formula is C14H20FNO2. The molecule has 3 nitrogen and oxygen atoms in total. The molecule has 1 aromatic carbocycles. The van der Waals surface area contributed by atoms with Crippen LogP contribution < -0.4 is 10.1 Å². The standard InChI is InChI=1S/C14H20FNO2/c1-10(11-6-7-11)16-8-12(17)9-18-14-5-3-2-4-13(14)15/h2-5,10-12,16-17H,6-9H2,1H3. The quantitative estimate of drug-likeness (QED) is 0.780. The molecule has 0 amide bonds. The lowest BCUT2D eigenvalue weighted by molar-refractivity contribution is 0.101. The minimum absolute atomic E-state index is 0.102. The number of para-hydroxylation sites is 1. The van der Waals surface area contributed by atoms with Crippen LogP contribution >= 0.6 is 0 Å². The lowest BCUT2D eigenvalue weighted by atomic mass is 10.2. The van der Waals surface area contributed by atoms with Gasteiger partial charge in [0.25, 0.3) is 0 Å². The number of hydrogen-bond acceptors (Lipinski definition) is 3. The van der Waals surface area contributed by atoms with Gasteiger partial charge in [-0.05, 0) is 37.8 Å². The highest BCUT2D eigenvalue weighted by atomic mass is 19.1. The summed E-state index contributed by atoms with van der Waals surface area (Å²) in [5.41, 5.74) is 0. The van der Waals surface area contributed by atoms with Crippen molar-refractivity contribution in [3.05, 3.63) is 30.1 Å². The molecule has 0 bridgehead atoms. The second-order valence-electron chi connectivity index (χ2n) is 4.93. The summed E-state index contributed by atoms with van der Waals surface area (Å²) in [5, 5.41) is 13.0. The van der Waals surface area contributed by atoms with E-state index in [4.69, 9.17) is 4.74 Å². The molecule has 2 N–H and O–H groups in total. The molecule has 0 aliphatic heterocycles. The van der Waals surface area contributed by atoms with E-state index in [9.17, 15) is 9.50 Å². The summed E-state index contributed by atoms with van der Waals surface area (Å²) in [4.78, 5) is 0. The minimum Gasteiger partial charge on any atom is -0.488 e. The summed E-state index contributed by atoms with van der Waals surface area (Å²) in [5.74, 6) is 0.542. The van der Waals surface area contributed by atoms with Gasteiger partial charge in [0.2, 0.25) is 0 Å². The van der Waals surface area contributed by atoms with E-state index in [-0.39, 0.29) is 12.4 Å². The van der Waals surface area contributed by atoms with E-state index >= 15 is 0 Å². The summed E-state index contributed by atoms with van der Waals surface area (Å²) in [6.45, 7) is 2.71. The number of aliphatic hydroxyl groups is 1. The predicted molar refractivity (Wildman–Crippen MR) is 68.1 cm³/mol. The molecule has 1 aliphatic rings. The maximum absolute atomic E-state index is 13.2. The molecule has 2 unspecified atom stereocenters. The molecule has 1 fully saturated rings. The van der Waals surface area contributed by atoms with Gasteiger partial charge in [0.15, 0.2) is 11.6 Å². The number of nitrogens with one attached hydrogen (secondary N) is 1. The van der Waals surface area contributed by atoms with Crippen molar-refractivity contribution in [2.24, 2.45) is 5.92 Å². The summed E-state index contributed by atoms with van der Waals surface area (Å²) in [6, 6.07) is 6.65. The molecule has 1 aromatic rings. The topological polar surface area (TPSA) is 41.5 Å². The summed E-state index contributed by atoms with van der Waals surface area (Å²) < 4.78 is 18.5. The number of ether oxygens (including phenoxy) is 1. The Kier molecular flexibility index (Phi) is 4.55. The highest BCUT2D eigenvalue weighted by Gasteiger charge is 2.27. The third kappa shape index (κ3) is 3.96. The Morgan fingerprint density at radius 3 is 2.83 bits per heavy atom. The number of hydrogen-bond donors (Lipinski definition) is 2. The van der Waals surface area contributed by atoms with E-state index in [0.717, 1.165) is 5.92 Å². The lowest BCUT2D eigenvalue weighted by Gasteiger charge is -2.17. The fraction of sp³-hybridized carbons (Fsp3) is 0.571. The lowest BCUT2D eigenvalue weighted by Crippen LogP contribution is -2.37. The second-order valence-corrected chi connectivity index (χ2v) is 4.93. The van der Waals surface area contributed by atoms with Gasteiger partial charge in [-0.3, -0.25) is 0 Å². The Morgan fingerprint density at radius 1 is 1.44 bits per heavy atom. The third-order valence-electron chi connectivity index (χ3n) is 3.27. The first-order valence-electron chi connectivity index (χ1n) is 6.45. The Morgan fingerprint density at radius 2 is 2.17 bits per heavy atom. The Bertz CT molecular complexity index is 382. The van der Waals surface area contributed by atoms with Crippen LogP contribution in [0.5, 0.6) is 5.75 Å². The van der Waals surface area contributed by atoms with Crippen LogP contribution in [0.3, 0.4) is 0 Å². The molecule has 0 heterocycles. The van der Waals surface area contributed by atoms with E-state index in [0.29, 0.717) is 12.6 Å². The fourth-order valence-electron chi connectivity index (χ4n) is 1.89. The molecule has 18 heavy (non-hydrogen) atoms. The van der Waals surface area contributed by atoms with Crippen LogP contribution in [0, 0.1) is 11.7 Å². The Hall–Kier alpha value is -1.13. The van der Waals surface area contributed by atoms with Gasteiger partial charge in [-0.15, -0.1) is 0 Å². The van der Waals surface area contributed by atoms with E-state index in [1.807, 2.05) is 0 Å². The number of aliphatic hydroxyl groups excluding tert-OH is 1. The van der Waals surface area contributed by atoms with Crippen molar-refractivity contribution in [3.8, 4) is 5.75 Å². The van der Waals surface area contributed by atoms with Crippen molar-refractivity contribution in [2.45, 2.75) is 31.9 Å². The molecule has 0 radical (unpaired) electrons. The first-order chi connectivity index (χ1) is 8.66. The zero-order valence-corrected chi connectivity index (χ0v) is 10.6. The van der Waals surface area contributed by atoms with Crippen LogP contribution in [-0.2, 0) is 0 Å². The maximum atomic E-state index is 13.2. The van der Waals surface area contributed by atoms with Crippen LogP contribution in [-0.4, -0.2) is 30.4 Å². The number of rotatable bonds is 7. The van der Waals surface area contributed by atoms with Gasteiger partial charge in [0.1, 0.15) is 12.7 Å². The summed E-state index contributed by atoms with van der Waals surface area (Å²) in [7, 11) is 0. The van der Waals surface area contributed by atoms with E-state index < -0.39 is 11.9 Å². The van der Waals surface area contributed by atoms with Crippen molar-refractivity contribution >= 4 is 0 Å². The van der Waals surface area contributed by atoms with Crippen LogP contribution in [0.15, 0.2) is 24.3 Å². The van der Waals surface area contributed by atoms with Gasteiger partial charge < -0.3 is 15.2 Å². The molecule has 100 valence electrons. The molecule has 2 atom stereocenters. The predicted octanol–water partition coefficient (Wildman–Crippen LogP) is 1.95. The van der Waals surface area contributed by atoms with Gasteiger partial charge in [-0.25, -0.2) is 4.39 Å². The van der Waals surface area contributed by atoms with Crippen LogP contribution in [0.1, 0.15) is 19.8 Å². The fourth-order valence-corrected chi connectivity index (χ4v) is 1.89. The molecule has 2 rings (SSSR count). The van der Waals surface area contributed by atoms with Crippen molar-refractivity contribution < 1.29 is 14.2 Å². The second kappa shape index (κ2) is 6.16. The summed E-state index contributed by atoms with van der Waals surface area (Å²) in [6.07, 6.45) is 1.93. The molecule has 1 aliphatic carbocycles. The molecular weight excluding hydrogens is 233 g/mol. The first-order valence-corrected chi connectivity index (χ1v) is 6.45. The van der Waals surface area contributed by atoms with Gasteiger partial charge >= 0.3 is 0 Å². The highest BCUT2D eigenvalue weighted by Crippen LogP contribution is 2.32. The van der Waals surface area contributed by atoms with Gasteiger partial charge in [0, 0.05) is 12.6 Å². The molecule has 0 spiro atoms. The van der Waals surface area contributed by atoms with Crippen molar-refractivity contribution in [1.29, 1.82) is 0 Å². The normalized spacial score (nSPS) is 18.4. The van der Waals surface area contributed by atoms with E-state index in [1.165, 1.54) is 18.9 Å². The number of halogens is 1. The zero-order valence-electron chi connectivity index (χ0n) is 10.6. The average molecular weight is 253 g/mol. The van der Waals surface area contributed by atoms with Crippen LogP contribution in [0.25, 0.3) is 0 Å². The van der Waals surface area contributed by atoms with Gasteiger partial charge in [0.05, 0.1) is 0 Å². The number of benzene rings is 1. The van der Waals surface area contributed by atoms with Gasteiger partial charge in [-0.1, -0.05) is 12.1 Å². The summed E-state index contributed by atoms with van der Waals surface area (Å²) >= 11 is 0. The molecule has 0 saturated heterocycles. The van der Waals surface area contributed by atoms with Crippen molar-refractivity contribution in [1.82, 2.24) is 5.32 Å². The molecule has 4 heteroatoms. The highest BCUT2D eigenvalue weighted by molar-refractivity contribution is 5.23. The van der Waals surface area contributed by atoms with Crippen molar-refractivity contribution in [3.63, 3.8) is 0 Å². The zero-order chi connectivity index (χ0) is 13.0. The van der Waals surface area contributed by atoms with Crippen molar-refractivity contribution in [2.75, 3.05) is 13.2 Å².